The first-order valence-electron chi connectivity index (χ1n) is 7.78. The van der Waals surface area contributed by atoms with Crippen LogP contribution in [0.25, 0.3) is 15.5 Å². The van der Waals surface area contributed by atoms with E-state index < -0.39 is 0 Å². The summed E-state index contributed by atoms with van der Waals surface area (Å²) >= 11 is 1.46. The molecule has 0 bridgehead atoms. The zero-order valence-electron chi connectivity index (χ0n) is 13.7. The summed E-state index contributed by atoms with van der Waals surface area (Å²) in [6.45, 7) is 3.79. The second-order valence-electron chi connectivity index (χ2n) is 5.70. The number of benzene rings is 2. The third kappa shape index (κ3) is 2.89. The highest BCUT2D eigenvalue weighted by Crippen LogP contribution is 2.27. The van der Waals surface area contributed by atoms with Gasteiger partial charge in [0, 0.05) is 16.8 Å². The first-order valence-corrected chi connectivity index (χ1v) is 8.60. The Balaban J connectivity index is 1.63. The van der Waals surface area contributed by atoms with Gasteiger partial charge in [-0.15, -0.1) is 10.2 Å². The van der Waals surface area contributed by atoms with E-state index >= 15 is 0 Å². The molecule has 1 amide bonds. The van der Waals surface area contributed by atoms with E-state index in [0.29, 0.717) is 5.56 Å². The number of hydrogen-bond acceptors (Lipinski definition) is 5. The van der Waals surface area contributed by atoms with E-state index in [2.05, 4.69) is 20.6 Å². The molecule has 1 N–H and O–H groups in total. The molecule has 0 spiro atoms. The number of nitrogens with one attached hydrogen (secondary N) is 1. The van der Waals surface area contributed by atoms with Crippen LogP contribution in [0.4, 0.5) is 5.69 Å². The third-order valence-electron chi connectivity index (χ3n) is 3.90. The molecule has 0 fully saturated rings. The molecule has 0 aliphatic carbocycles. The molecule has 124 valence electrons. The van der Waals surface area contributed by atoms with Gasteiger partial charge in [-0.3, -0.25) is 4.79 Å². The molecule has 7 heteroatoms. The van der Waals surface area contributed by atoms with Crippen molar-refractivity contribution in [3.63, 3.8) is 0 Å². The van der Waals surface area contributed by atoms with Gasteiger partial charge < -0.3 is 5.32 Å². The van der Waals surface area contributed by atoms with E-state index in [-0.39, 0.29) is 5.91 Å². The molecule has 2 aromatic carbocycles. The predicted octanol–water partition coefficient (Wildman–Crippen LogP) is 3.72. The van der Waals surface area contributed by atoms with Crippen LogP contribution in [0, 0.1) is 13.8 Å². The Bertz CT molecular complexity index is 1080. The minimum absolute atomic E-state index is 0.121. The van der Waals surface area contributed by atoms with Crippen LogP contribution in [0.1, 0.15) is 21.7 Å². The molecule has 0 aliphatic heterocycles. The number of rotatable bonds is 3. The first-order chi connectivity index (χ1) is 12.1. The second-order valence-corrected chi connectivity index (χ2v) is 6.65. The van der Waals surface area contributed by atoms with Gasteiger partial charge in [0.25, 0.3) is 5.91 Å². The summed E-state index contributed by atoms with van der Waals surface area (Å²) in [6, 6.07) is 15.2. The van der Waals surface area contributed by atoms with Crippen LogP contribution >= 0.6 is 11.3 Å². The molecule has 4 aromatic rings. The molecular weight excluding hydrogens is 334 g/mol. The summed E-state index contributed by atoms with van der Waals surface area (Å²) in [7, 11) is 0. The van der Waals surface area contributed by atoms with E-state index in [1.165, 1.54) is 11.3 Å². The van der Waals surface area contributed by atoms with Gasteiger partial charge >= 0.3 is 0 Å². The molecule has 25 heavy (non-hydrogen) atoms. The van der Waals surface area contributed by atoms with Crippen molar-refractivity contribution >= 4 is 27.9 Å². The fourth-order valence-corrected chi connectivity index (χ4v) is 3.47. The highest BCUT2D eigenvalue weighted by atomic mass is 32.1. The Kier molecular flexibility index (Phi) is 3.77. The van der Waals surface area contributed by atoms with E-state index in [1.54, 1.807) is 4.52 Å². The Morgan fingerprint density at radius 2 is 1.92 bits per heavy atom. The molecule has 2 aromatic heterocycles. The lowest BCUT2D eigenvalue weighted by molar-refractivity contribution is 0.102. The van der Waals surface area contributed by atoms with Crippen LogP contribution in [0.2, 0.25) is 0 Å². The van der Waals surface area contributed by atoms with Gasteiger partial charge in [0.2, 0.25) is 4.96 Å². The lowest BCUT2D eigenvalue weighted by atomic mass is 10.1. The van der Waals surface area contributed by atoms with Crippen molar-refractivity contribution in [1.29, 1.82) is 0 Å². The first kappa shape index (κ1) is 15.5. The largest absolute Gasteiger partial charge is 0.322 e. The number of fused-ring (bicyclic) bond motifs is 1. The van der Waals surface area contributed by atoms with Crippen LogP contribution in [-0.2, 0) is 0 Å². The zero-order valence-corrected chi connectivity index (χ0v) is 14.5. The summed E-state index contributed by atoms with van der Waals surface area (Å²) in [5, 5.41) is 16.4. The summed E-state index contributed by atoms with van der Waals surface area (Å²) < 4.78 is 1.72. The fourth-order valence-electron chi connectivity index (χ4n) is 2.59. The average molecular weight is 349 g/mol. The normalized spacial score (nSPS) is 11.0. The van der Waals surface area contributed by atoms with E-state index in [4.69, 9.17) is 0 Å². The molecule has 0 unspecified atom stereocenters. The summed E-state index contributed by atoms with van der Waals surface area (Å²) in [6.07, 6.45) is 0. The molecule has 0 aliphatic rings. The molecule has 4 rings (SSSR count). The van der Waals surface area contributed by atoms with Crippen molar-refractivity contribution in [1.82, 2.24) is 19.8 Å². The molecule has 2 heterocycles. The van der Waals surface area contributed by atoms with Gasteiger partial charge in [-0.25, -0.2) is 0 Å². The Hall–Kier alpha value is -3.06. The minimum Gasteiger partial charge on any atom is -0.322 e. The Morgan fingerprint density at radius 1 is 1.08 bits per heavy atom. The number of aryl methyl sites for hydroxylation is 2. The quantitative estimate of drug-likeness (QED) is 0.612. The second kappa shape index (κ2) is 6.10. The topological polar surface area (TPSA) is 72.2 Å². The van der Waals surface area contributed by atoms with Gasteiger partial charge in [-0.05, 0) is 37.6 Å². The number of anilines is 1. The summed E-state index contributed by atoms with van der Waals surface area (Å²) in [4.78, 5) is 13.2. The zero-order chi connectivity index (χ0) is 17.4. The SMILES string of the molecule is Cc1ccccc1C(=O)Nc1cccc(-c2nn3c(C)nnc3s2)c1. The average Bonchev–Trinajstić information content (AvgIpc) is 3.18. The third-order valence-corrected chi connectivity index (χ3v) is 4.85. The van der Waals surface area contributed by atoms with Gasteiger partial charge in [0.1, 0.15) is 5.01 Å². The van der Waals surface area contributed by atoms with Crippen LogP contribution in [0.15, 0.2) is 48.5 Å². The van der Waals surface area contributed by atoms with E-state index in [9.17, 15) is 4.79 Å². The van der Waals surface area contributed by atoms with Gasteiger partial charge in [0.05, 0.1) is 0 Å². The Morgan fingerprint density at radius 3 is 2.72 bits per heavy atom. The number of hydrogen-bond donors (Lipinski definition) is 1. The number of carbonyl (C=O) groups excluding carboxylic acids is 1. The summed E-state index contributed by atoms with van der Waals surface area (Å²) in [5.41, 5.74) is 3.27. The van der Waals surface area contributed by atoms with Gasteiger partial charge in [-0.1, -0.05) is 41.7 Å². The van der Waals surface area contributed by atoms with Gasteiger partial charge in [-0.2, -0.15) is 9.61 Å². The monoisotopic (exact) mass is 349 g/mol. The van der Waals surface area contributed by atoms with Crippen LogP contribution < -0.4 is 5.32 Å². The maximum Gasteiger partial charge on any atom is 0.255 e. The standard InChI is InChI=1S/C18H15N5OS/c1-11-6-3-4-9-15(11)16(24)19-14-8-5-7-13(10-14)17-22-23-12(2)20-21-18(23)25-17/h3-10H,1-2H3,(H,19,24). The lowest BCUT2D eigenvalue weighted by Crippen LogP contribution is -2.13. The molecule has 6 nitrogen and oxygen atoms in total. The smallest absolute Gasteiger partial charge is 0.255 e. The minimum atomic E-state index is -0.121. The molecule has 0 saturated heterocycles. The van der Waals surface area contributed by atoms with Crippen molar-refractivity contribution in [3.8, 4) is 10.6 Å². The highest BCUT2D eigenvalue weighted by Gasteiger charge is 2.12. The van der Waals surface area contributed by atoms with Crippen LogP contribution in [0.3, 0.4) is 0 Å². The van der Waals surface area contributed by atoms with Crippen molar-refractivity contribution < 1.29 is 4.79 Å². The predicted molar refractivity (Wildman–Crippen MR) is 98.0 cm³/mol. The van der Waals surface area contributed by atoms with Crippen LogP contribution in [0.5, 0.6) is 0 Å². The van der Waals surface area contributed by atoms with E-state index in [1.807, 2.05) is 62.4 Å². The lowest BCUT2D eigenvalue weighted by Gasteiger charge is -2.08. The maximum atomic E-state index is 12.5. The number of carbonyl (C=O) groups is 1. The Labute approximate surface area is 148 Å². The van der Waals surface area contributed by atoms with Crippen molar-refractivity contribution in [2.24, 2.45) is 0 Å². The van der Waals surface area contributed by atoms with Gasteiger partial charge in [0.15, 0.2) is 5.82 Å². The molecule has 0 atom stereocenters. The number of nitrogens with zero attached hydrogens (tertiary/aromatic N) is 4. The molecule has 0 saturated carbocycles. The molecule has 0 radical (unpaired) electrons. The number of aromatic nitrogens is 4. The highest BCUT2D eigenvalue weighted by molar-refractivity contribution is 7.19. The van der Waals surface area contributed by atoms with Crippen molar-refractivity contribution in [2.45, 2.75) is 13.8 Å². The van der Waals surface area contributed by atoms with Crippen molar-refractivity contribution in [2.75, 3.05) is 5.32 Å². The van der Waals surface area contributed by atoms with E-state index in [0.717, 1.165) is 32.6 Å². The van der Waals surface area contributed by atoms with Crippen molar-refractivity contribution in [3.05, 3.63) is 65.5 Å². The number of amides is 1. The maximum absolute atomic E-state index is 12.5. The summed E-state index contributed by atoms with van der Waals surface area (Å²) in [5.74, 6) is 0.630. The van der Waals surface area contributed by atoms with Crippen LogP contribution in [-0.4, -0.2) is 25.7 Å². The molecular formula is C18H15N5OS. The fraction of sp³-hybridized carbons (Fsp3) is 0.111.